The Morgan fingerprint density at radius 2 is 2.46 bits per heavy atom. The van der Waals surface area contributed by atoms with Gasteiger partial charge in [0, 0.05) is 17.8 Å². The van der Waals surface area contributed by atoms with E-state index in [4.69, 9.17) is 5.73 Å². The van der Waals surface area contributed by atoms with Gasteiger partial charge in [0.2, 0.25) is 5.95 Å². The van der Waals surface area contributed by atoms with Gasteiger partial charge in [-0.25, -0.2) is 4.98 Å². The lowest BCUT2D eigenvalue weighted by Gasteiger charge is -2.11. The van der Waals surface area contributed by atoms with Crippen molar-refractivity contribution in [1.29, 1.82) is 0 Å². The largest absolute Gasteiger partial charge is 0.324 e. The van der Waals surface area contributed by atoms with Crippen molar-refractivity contribution >= 4 is 0 Å². The second-order valence-corrected chi connectivity index (χ2v) is 3.15. The highest BCUT2D eigenvalue weighted by Gasteiger charge is 2.11. The number of hydrogen-bond acceptors (Lipinski definition) is 2. The molecule has 1 rings (SSSR count). The quantitative estimate of drug-likeness (QED) is 0.572. The maximum absolute atomic E-state index is 13.1. The minimum atomic E-state index is -0.490. The fourth-order valence-electron chi connectivity index (χ4n) is 1.16. The van der Waals surface area contributed by atoms with Crippen molar-refractivity contribution in [1.82, 2.24) is 4.98 Å². The summed E-state index contributed by atoms with van der Waals surface area (Å²) < 4.78 is 13.1. The van der Waals surface area contributed by atoms with Crippen LogP contribution in [0.3, 0.4) is 0 Å². The summed E-state index contributed by atoms with van der Waals surface area (Å²) >= 11 is 0. The summed E-state index contributed by atoms with van der Waals surface area (Å²) in [5.74, 6) is -0.490. The number of aromatic nitrogens is 1. The highest BCUT2D eigenvalue weighted by Crippen LogP contribution is 2.18. The van der Waals surface area contributed by atoms with Gasteiger partial charge in [0.05, 0.1) is 0 Å². The molecular weight excluding hydrogens is 167 g/mol. The molecule has 0 saturated heterocycles. The lowest BCUT2D eigenvalue weighted by molar-refractivity contribution is 0.543. The third-order valence-corrected chi connectivity index (χ3v) is 1.76. The van der Waals surface area contributed by atoms with Crippen LogP contribution in [0.2, 0.25) is 0 Å². The zero-order valence-corrected chi connectivity index (χ0v) is 7.63. The Morgan fingerprint density at radius 3 is 3.00 bits per heavy atom. The number of rotatable bonds is 3. The van der Waals surface area contributed by atoms with Gasteiger partial charge in [-0.3, -0.25) is 0 Å². The Hall–Kier alpha value is -1.22. The molecule has 0 radical (unpaired) electrons. The predicted octanol–water partition coefficient (Wildman–Crippen LogP) is 2.19. The summed E-state index contributed by atoms with van der Waals surface area (Å²) in [6.07, 6.45) is 1.99. The van der Waals surface area contributed by atoms with Crippen molar-refractivity contribution in [3.8, 4) is 0 Å². The van der Waals surface area contributed by atoms with Gasteiger partial charge >= 0.3 is 0 Å². The Bertz CT molecular complexity index is 310. The SMILES string of the molecule is C=C(C)C[C@H](N)c1cccnc1F. The summed E-state index contributed by atoms with van der Waals surface area (Å²) in [5.41, 5.74) is 7.15. The summed E-state index contributed by atoms with van der Waals surface area (Å²) in [5, 5.41) is 0. The Morgan fingerprint density at radius 1 is 1.77 bits per heavy atom. The van der Waals surface area contributed by atoms with Gasteiger partial charge in [-0.1, -0.05) is 11.6 Å². The van der Waals surface area contributed by atoms with Crippen LogP contribution in [0.15, 0.2) is 30.5 Å². The van der Waals surface area contributed by atoms with Gasteiger partial charge in [-0.15, -0.1) is 6.58 Å². The average Bonchev–Trinajstić information content (AvgIpc) is 2.03. The lowest BCUT2D eigenvalue weighted by atomic mass is 10.0. The van der Waals surface area contributed by atoms with E-state index in [1.165, 1.54) is 6.20 Å². The first-order valence-electron chi connectivity index (χ1n) is 4.11. The van der Waals surface area contributed by atoms with Crippen molar-refractivity contribution in [3.05, 3.63) is 42.0 Å². The van der Waals surface area contributed by atoms with E-state index in [2.05, 4.69) is 11.6 Å². The highest BCUT2D eigenvalue weighted by molar-refractivity contribution is 5.17. The molecule has 1 heterocycles. The van der Waals surface area contributed by atoms with Gasteiger partial charge in [-0.2, -0.15) is 4.39 Å². The molecule has 0 aliphatic rings. The van der Waals surface area contributed by atoms with Crippen LogP contribution in [0.4, 0.5) is 4.39 Å². The number of pyridine rings is 1. The van der Waals surface area contributed by atoms with Crippen LogP contribution in [-0.4, -0.2) is 4.98 Å². The highest BCUT2D eigenvalue weighted by atomic mass is 19.1. The topological polar surface area (TPSA) is 38.9 Å². The fraction of sp³-hybridized carbons (Fsp3) is 0.300. The van der Waals surface area contributed by atoms with Gasteiger partial charge in [0.1, 0.15) is 0 Å². The van der Waals surface area contributed by atoms with Crippen molar-refractivity contribution in [2.75, 3.05) is 0 Å². The molecule has 0 aliphatic heterocycles. The monoisotopic (exact) mass is 180 g/mol. The van der Waals surface area contributed by atoms with Gasteiger partial charge < -0.3 is 5.73 Å². The lowest BCUT2D eigenvalue weighted by Crippen LogP contribution is -2.12. The standard InChI is InChI=1S/C10H13FN2/c1-7(2)6-9(12)8-4-3-5-13-10(8)11/h3-5,9H,1,6,12H2,2H3/t9-/m0/s1. The summed E-state index contributed by atoms with van der Waals surface area (Å²) in [7, 11) is 0. The van der Waals surface area contributed by atoms with E-state index in [9.17, 15) is 4.39 Å². The second kappa shape index (κ2) is 4.14. The third-order valence-electron chi connectivity index (χ3n) is 1.76. The summed E-state index contributed by atoms with van der Waals surface area (Å²) in [4.78, 5) is 3.53. The van der Waals surface area contributed by atoms with E-state index >= 15 is 0 Å². The van der Waals surface area contributed by atoms with Crippen LogP contribution in [0, 0.1) is 5.95 Å². The van der Waals surface area contributed by atoms with Crippen molar-refractivity contribution in [2.45, 2.75) is 19.4 Å². The smallest absolute Gasteiger partial charge is 0.217 e. The maximum atomic E-state index is 13.1. The van der Waals surface area contributed by atoms with Crippen LogP contribution in [0.5, 0.6) is 0 Å². The van der Waals surface area contributed by atoms with Gasteiger partial charge in [0.25, 0.3) is 0 Å². The average molecular weight is 180 g/mol. The van der Waals surface area contributed by atoms with Crippen molar-refractivity contribution < 1.29 is 4.39 Å². The van der Waals surface area contributed by atoms with E-state index in [0.717, 1.165) is 5.57 Å². The van der Waals surface area contributed by atoms with Gasteiger partial charge in [0.15, 0.2) is 0 Å². The molecule has 0 unspecified atom stereocenters. The molecule has 0 amide bonds. The van der Waals surface area contributed by atoms with Crippen LogP contribution in [-0.2, 0) is 0 Å². The molecule has 13 heavy (non-hydrogen) atoms. The molecule has 2 nitrogen and oxygen atoms in total. The van der Waals surface area contributed by atoms with Crippen molar-refractivity contribution in [3.63, 3.8) is 0 Å². The zero-order valence-electron chi connectivity index (χ0n) is 7.63. The molecule has 1 aromatic rings. The summed E-state index contributed by atoms with van der Waals surface area (Å²) in [6, 6.07) is 2.98. The maximum Gasteiger partial charge on any atom is 0.217 e. The Kier molecular flexibility index (Phi) is 3.14. The molecule has 0 aromatic carbocycles. The van der Waals surface area contributed by atoms with Gasteiger partial charge in [-0.05, 0) is 19.4 Å². The van der Waals surface area contributed by atoms with Crippen LogP contribution < -0.4 is 5.73 Å². The van der Waals surface area contributed by atoms with Crippen LogP contribution in [0.25, 0.3) is 0 Å². The van der Waals surface area contributed by atoms with Crippen molar-refractivity contribution in [2.24, 2.45) is 5.73 Å². The molecule has 0 saturated carbocycles. The van der Waals surface area contributed by atoms with E-state index in [-0.39, 0.29) is 6.04 Å². The number of nitrogens with two attached hydrogens (primary N) is 1. The van der Waals surface area contributed by atoms with E-state index in [1.807, 2.05) is 6.92 Å². The van der Waals surface area contributed by atoms with E-state index in [0.29, 0.717) is 12.0 Å². The first kappa shape index (κ1) is 9.86. The molecule has 0 aliphatic carbocycles. The third kappa shape index (κ3) is 2.63. The molecule has 0 bridgehead atoms. The first-order valence-corrected chi connectivity index (χ1v) is 4.11. The molecular formula is C10H13FN2. The van der Waals surface area contributed by atoms with Crippen LogP contribution >= 0.6 is 0 Å². The Balaban J connectivity index is 2.82. The molecule has 0 spiro atoms. The van der Waals surface area contributed by atoms with Crippen LogP contribution in [0.1, 0.15) is 24.9 Å². The first-order chi connectivity index (χ1) is 6.11. The number of hydrogen-bond donors (Lipinski definition) is 1. The minimum Gasteiger partial charge on any atom is -0.324 e. The molecule has 2 N–H and O–H groups in total. The normalized spacial score (nSPS) is 12.5. The molecule has 0 fully saturated rings. The molecule has 1 atom stereocenters. The fourth-order valence-corrected chi connectivity index (χ4v) is 1.16. The second-order valence-electron chi connectivity index (χ2n) is 3.15. The van der Waals surface area contributed by atoms with E-state index in [1.54, 1.807) is 12.1 Å². The number of halogens is 1. The Labute approximate surface area is 77.3 Å². The van der Waals surface area contributed by atoms with E-state index < -0.39 is 5.95 Å². The predicted molar refractivity (Wildman–Crippen MR) is 50.6 cm³/mol. The molecule has 1 aromatic heterocycles. The molecule has 70 valence electrons. The summed E-state index contributed by atoms with van der Waals surface area (Å²) in [6.45, 7) is 5.60. The molecule has 3 heteroatoms. The zero-order chi connectivity index (χ0) is 9.84. The minimum absolute atomic E-state index is 0.341. The number of nitrogens with zero attached hydrogens (tertiary/aromatic N) is 1.